The molecule has 2 nitrogen and oxygen atoms in total. The second-order valence-corrected chi connectivity index (χ2v) is 7.41. The molecule has 1 N–H and O–H groups in total. The fourth-order valence-corrected chi connectivity index (χ4v) is 4.30. The molecule has 2 atom stereocenters. The van der Waals surface area contributed by atoms with Crippen LogP contribution in [0.2, 0.25) is 0 Å². The summed E-state index contributed by atoms with van der Waals surface area (Å²) in [7, 11) is 0. The number of nitrogens with one attached hydrogen (secondary N) is 1. The number of rotatable bonds is 4. The van der Waals surface area contributed by atoms with E-state index in [4.69, 9.17) is 0 Å². The second kappa shape index (κ2) is 5.90. The monoisotopic (exact) mass is 300 g/mol. The molecule has 0 saturated carbocycles. The number of nitrogens with zero attached hydrogens (tertiary/aromatic N) is 1. The summed E-state index contributed by atoms with van der Waals surface area (Å²) in [5.74, 6) is 0. The van der Waals surface area contributed by atoms with Crippen molar-refractivity contribution in [3.05, 3.63) is 50.5 Å². The van der Waals surface area contributed by atoms with E-state index in [1.165, 1.54) is 35.4 Å². The van der Waals surface area contributed by atoms with Gasteiger partial charge in [0.25, 0.3) is 0 Å². The Kier molecular flexibility index (Phi) is 4.14. The molecule has 0 bridgehead atoms. The normalized spacial score (nSPS) is 16.8. The van der Waals surface area contributed by atoms with E-state index in [9.17, 15) is 0 Å². The van der Waals surface area contributed by atoms with Gasteiger partial charge >= 0.3 is 0 Å². The van der Waals surface area contributed by atoms with Crippen LogP contribution in [0.15, 0.2) is 18.2 Å². The van der Waals surface area contributed by atoms with Crippen LogP contribution in [0.3, 0.4) is 0 Å². The lowest BCUT2D eigenvalue weighted by atomic mass is 10.0. The number of aryl methyl sites for hydroxylation is 4. The van der Waals surface area contributed by atoms with Crippen LogP contribution in [0.25, 0.3) is 0 Å². The van der Waals surface area contributed by atoms with E-state index >= 15 is 0 Å². The molecule has 1 aromatic carbocycles. The summed E-state index contributed by atoms with van der Waals surface area (Å²) >= 11 is 1.81. The molecule has 3 heteroatoms. The molecule has 1 heterocycles. The van der Waals surface area contributed by atoms with E-state index < -0.39 is 0 Å². The second-order valence-electron chi connectivity index (χ2n) is 6.17. The zero-order valence-corrected chi connectivity index (χ0v) is 14.2. The molecule has 2 aromatic rings. The summed E-state index contributed by atoms with van der Waals surface area (Å²) in [6, 6.07) is 7.73. The zero-order valence-electron chi connectivity index (χ0n) is 13.4. The number of benzene rings is 1. The molecule has 0 radical (unpaired) electrons. The van der Waals surface area contributed by atoms with Gasteiger partial charge < -0.3 is 5.32 Å². The minimum absolute atomic E-state index is 0.347. The van der Waals surface area contributed by atoms with Crippen LogP contribution in [0.4, 0.5) is 0 Å². The average Bonchev–Trinajstić information content (AvgIpc) is 3.03. The number of hydrogen-bond acceptors (Lipinski definition) is 3. The summed E-state index contributed by atoms with van der Waals surface area (Å²) < 4.78 is 0. The first-order chi connectivity index (χ1) is 10.0. The van der Waals surface area contributed by atoms with Crippen molar-refractivity contribution in [3.8, 4) is 0 Å². The third-order valence-electron chi connectivity index (χ3n) is 4.46. The van der Waals surface area contributed by atoms with Crippen LogP contribution in [0.1, 0.15) is 64.6 Å². The molecule has 0 aliphatic heterocycles. The van der Waals surface area contributed by atoms with Crippen molar-refractivity contribution in [1.82, 2.24) is 10.3 Å². The fourth-order valence-electron chi connectivity index (χ4n) is 3.36. The lowest BCUT2D eigenvalue weighted by Gasteiger charge is -2.20. The molecule has 0 fully saturated rings. The van der Waals surface area contributed by atoms with Gasteiger partial charge in [-0.15, -0.1) is 11.3 Å². The minimum atomic E-state index is 0.347. The first-order valence-electron chi connectivity index (χ1n) is 7.86. The van der Waals surface area contributed by atoms with Crippen molar-refractivity contribution in [3.63, 3.8) is 0 Å². The van der Waals surface area contributed by atoms with Crippen molar-refractivity contribution in [2.45, 2.75) is 59.0 Å². The smallest absolute Gasteiger partial charge is 0.0900 e. The van der Waals surface area contributed by atoms with Gasteiger partial charge in [0.15, 0.2) is 0 Å². The predicted octanol–water partition coefficient (Wildman–Crippen LogP) is 4.66. The van der Waals surface area contributed by atoms with E-state index in [1.54, 1.807) is 22.5 Å². The highest BCUT2D eigenvalue weighted by molar-refractivity contribution is 7.11. The van der Waals surface area contributed by atoms with E-state index in [0.29, 0.717) is 12.1 Å². The Hall–Kier alpha value is -1.19. The van der Waals surface area contributed by atoms with E-state index in [0.717, 1.165) is 5.01 Å². The molecule has 1 aromatic heterocycles. The van der Waals surface area contributed by atoms with E-state index in [2.05, 4.69) is 56.2 Å². The van der Waals surface area contributed by atoms with Crippen molar-refractivity contribution in [2.24, 2.45) is 0 Å². The predicted molar refractivity (Wildman–Crippen MR) is 90.0 cm³/mol. The maximum Gasteiger partial charge on any atom is 0.0900 e. The molecule has 1 aliphatic rings. The highest BCUT2D eigenvalue weighted by Gasteiger charge is 2.17. The van der Waals surface area contributed by atoms with Crippen molar-refractivity contribution in [2.75, 3.05) is 0 Å². The van der Waals surface area contributed by atoms with Crippen LogP contribution in [0.5, 0.6) is 0 Å². The number of aromatic nitrogens is 1. The van der Waals surface area contributed by atoms with Gasteiger partial charge in [0, 0.05) is 17.0 Å². The maximum atomic E-state index is 4.54. The van der Waals surface area contributed by atoms with Gasteiger partial charge in [-0.3, -0.25) is 0 Å². The number of thiazole rings is 1. The van der Waals surface area contributed by atoms with Gasteiger partial charge in [-0.25, -0.2) is 4.98 Å². The van der Waals surface area contributed by atoms with Crippen LogP contribution in [0, 0.1) is 13.8 Å². The van der Waals surface area contributed by atoms with Gasteiger partial charge in [0.2, 0.25) is 0 Å². The first-order valence-corrected chi connectivity index (χ1v) is 8.68. The molecule has 3 rings (SSSR count). The summed E-state index contributed by atoms with van der Waals surface area (Å²) in [5.41, 5.74) is 5.67. The van der Waals surface area contributed by atoms with Crippen LogP contribution in [-0.4, -0.2) is 4.98 Å². The molecule has 0 saturated heterocycles. The maximum absolute atomic E-state index is 4.54. The Morgan fingerprint density at radius 2 is 1.86 bits per heavy atom. The average molecular weight is 300 g/mol. The Morgan fingerprint density at radius 1 is 1.10 bits per heavy atom. The fraction of sp³-hybridized carbons (Fsp3) is 0.500. The largest absolute Gasteiger partial charge is 0.303 e. The molecular weight excluding hydrogens is 276 g/mol. The summed E-state index contributed by atoms with van der Waals surface area (Å²) in [6.07, 6.45) is 3.82. The summed E-state index contributed by atoms with van der Waals surface area (Å²) in [4.78, 5) is 5.90. The van der Waals surface area contributed by atoms with Gasteiger partial charge in [0.05, 0.1) is 10.7 Å². The number of fused-ring (bicyclic) bond motifs is 1. The lowest BCUT2D eigenvalue weighted by molar-refractivity contribution is 0.498. The van der Waals surface area contributed by atoms with E-state index in [1.807, 2.05) is 0 Å². The Morgan fingerprint density at radius 3 is 2.57 bits per heavy atom. The van der Waals surface area contributed by atoms with Gasteiger partial charge in [-0.1, -0.05) is 18.2 Å². The SMILES string of the molecule is Cc1nc(C)c(C(C)NC(C)c2ccc3c(c2)CCC3)s1. The Bertz CT molecular complexity index is 645. The zero-order chi connectivity index (χ0) is 15.0. The highest BCUT2D eigenvalue weighted by atomic mass is 32.1. The Balaban J connectivity index is 1.74. The van der Waals surface area contributed by atoms with Gasteiger partial charge in [-0.05, 0) is 63.6 Å². The summed E-state index contributed by atoms with van der Waals surface area (Å²) in [5, 5.41) is 4.88. The van der Waals surface area contributed by atoms with Gasteiger partial charge in [0.1, 0.15) is 0 Å². The molecule has 21 heavy (non-hydrogen) atoms. The van der Waals surface area contributed by atoms with Gasteiger partial charge in [-0.2, -0.15) is 0 Å². The molecular formula is C18H24N2S. The third-order valence-corrected chi connectivity index (χ3v) is 5.71. The molecule has 0 amide bonds. The Labute approximate surface area is 131 Å². The first kappa shape index (κ1) is 14.7. The van der Waals surface area contributed by atoms with Crippen molar-refractivity contribution >= 4 is 11.3 Å². The minimum Gasteiger partial charge on any atom is -0.303 e. The van der Waals surface area contributed by atoms with Crippen LogP contribution < -0.4 is 5.32 Å². The molecule has 0 spiro atoms. The third kappa shape index (κ3) is 3.04. The van der Waals surface area contributed by atoms with Crippen LogP contribution in [-0.2, 0) is 12.8 Å². The quantitative estimate of drug-likeness (QED) is 0.888. The highest BCUT2D eigenvalue weighted by Crippen LogP contribution is 2.29. The van der Waals surface area contributed by atoms with Crippen LogP contribution >= 0.6 is 11.3 Å². The van der Waals surface area contributed by atoms with E-state index in [-0.39, 0.29) is 0 Å². The number of hydrogen-bond donors (Lipinski definition) is 1. The lowest BCUT2D eigenvalue weighted by Crippen LogP contribution is -2.22. The molecule has 112 valence electrons. The van der Waals surface area contributed by atoms with Crippen molar-refractivity contribution < 1.29 is 0 Å². The topological polar surface area (TPSA) is 24.9 Å². The molecule has 1 aliphatic carbocycles. The molecule has 2 unspecified atom stereocenters. The van der Waals surface area contributed by atoms with Crippen molar-refractivity contribution in [1.29, 1.82) is 0 Å². The standard InChI is InChI=1S/C18H24N2S/c1-11(16-9-8-15-6-5-7-17(15)10-16)19-12(2)18-13(3)20-14(4)21-18/h8-12,19H,5-7H2,1-4H3. The summed E-state index contributed by atoms with van der Waals surface area (Å²) in [6.45, 7) is 8.69.